The SMILES string of the molecule is CCc1cc(OC)ccc1CN(C)C1CCNC1. The molecule has 0 aromatic heterocycles. The van der Waals surface area contributed by atoms with Crippen LogP contribution in [0, 0.1) is 0 Å². The second-order valence-corrected chi connectivity index (χ2v) is 5.05. The normalized spacial score (nSPS) is 19.4. The molecule has 1 N–H and O–H groups in total. The lowest BCUT2D eigenvalue weighted by atomic mass is 10.0. The molecule has 0 saturated carbocycles. The van der Waals surface area contributed by atoms with Gasteiger partial charge >= 0.3 is 0 Å². The van der Waals surface area contributed by atoms with Crippen LogP contribution in [0.4, 0.5) is 0 Å². The van der Waals surface area contributed by atoms with E-state index in [0.29, 0.717) is 6.04 Å². The fourth-order valence-corrected chi connectivity index (χ4v) is 2.63. The van der Waals surface area contributed by atoms with E-state index in [2.05, 4.69) is 42.4 Å². The van der Waals surface area contributed by atoms with E-state index in [-0.39, 0.29) is 0 Å². The molecule has 0 spiro atoms. The molecule has 18 heavy (non-hydrogen) atoms. The molecule has 3 heteroatoms. The number of hydrogen-bond acceptors (Lipinski definition) is 3. The van der Waals surface area contributed by atoms with Gasteiger partial charge in [-0.2, -0.15) is 0 Å². The van der Waals surface area contributed by atoms with Crippen LogP contribution in [-0.2, 0) is 13.0 Å². The molecule has 1 aromatic carbocycles. The van der Waals surface area contributed by atoms with Gasteiger partial charge in [-0.1, -0.05) is 13.0 Å². The molecule has 1 unspecified atom stereocenters. The first kappa shape index (κ1) is 13.4. The zero-order valence-electron chi connectivity index (χ0n) is 11.7. The zero-order valence-corrected chi connectivity index (χ0v) is 11.7. The summed E-state index contributed by atoms with van der Waals surface area (Å²) in [5.74, 6) is 0.959. The highest BCUT2D eigenvalue weighted by Crippen LogP contribution is 2.20. The summed E-state index contributed by atoms with van der Waals surface area (Å²) in [5.41, 5.74) is 2.82. The molecule has 1 aliphatic heterocycles. The van der Waals surface area contributed by atoms with Gasteiger partial charge < -0.3 is 10.1 Å². The van der Waals surface area contributed by atoms with Gasteiger partial charge in [-0.3, -0.25) is 4.90 Å². The standard InChI is InChI=1S/C15H24N2O/c1-4-12-9-15(18-3)6-5-13(12)11-17(2)14-7-8-16-10-14/h5-6,9,14,16H,4,7-8,10-11H2,1-3H3. The molecule has 1 heterocycles. The molecule has 1 fully saturated rings. The predicted octanol–water partition coefficient (Wildman–Crippen LogP) is 2.05. The van der Waals surface area contributed by atoms with Crippen LogP contribution in [0.3, 0.4) is 0 Å². The lowest BCUT2D eigenvalue weighted by Crippen LogP contribution is -2.33. The molecular weight excluding hydrogens is 224 g/mol. The number of aryl methyl sites for hydroxylation is 1. The lowest BCUT2D eigenvalue weighted by molar-refractivity contribution is 0.248. The summed E-state index contributed by atoms with van der Waals surface area (Å²) in [5, 5.41) is 3.42. The Kier molecular flexibility index (Phi) is 4.61. The number of rotatable bonds is 5. The number of methoxy groups -OCH3 is 1. The van der Waals surface area contributed by atoms with Crippen LogP contribution < -0.4 is 10.1 Å². The molecule has 2 rings (SSSR count). The molecule has 1 aliphatic rings. The smallest absolute Gasteiger partial charge is 0.119 e. The first-order chi connectivity index (χ1) is 8.74. The van der Waals surface area contributed by atoms with E-state index < -0.39 is 0 Å². The average Bonchev–Trinajstić information content (AvgIpc) is 2.93. The van der Waals surface area contributed by atoms with Crippen molar-refractivity contribution in [3.63, 3.8) is 0 Å². The zero-order chi connectivity index (χ0) is 13.0. The maximum absolute atomic E-state index is 5.29. The van der Waals surface area contributed by atoms with Crippen molar-refractivity contribution in [1.29, 1.82) is 0 Å². The average molecular weight is 248 g/mol. The molecule has 1 aromatic rings. The molecule has 3 nitrogen and oxygen atoms in total. The van der Waals surface area contributed by atoms with E-state index in [1.54, 1.807) is 7.11 Å². The minimum Gasteiger partial charge on any atom is -0.497 e. The quantitative estimate of drug-likeness (QED) is 0.863. The third-order valence-electron chi connectivity index (χ3n) is 3.87. The van der Waals surface area contributed by atoms with Gasteiger partial charge in [0.15, 0.2) is 0 Å². The van der Waals surface area contributed by atoms with Crippen LogP contribution in [0.25, 0.3) is 0 Å². The Balaban J connectivity index is 2.07. The van der Waals surface area contributed by atoms with Gasteiger partial charge in [0.05, 0.1) is 7.11 Å². The third-order valence-corrected chi connectivity index (χ3v) is 3.87. The summed E-state index contributed by atoms with van der Waals surface area (Å²) in [7, 11) is 3.95. The van der Waals surface area contributed by atoms with Crippen molar-refractivity contribution in [2.45, 2.75) is 32.4 Å². The van der Waals surface area contributed by atoms with Gasteiger partial charge in [0.25, 0.3) is 0 Å². The van der Waals surface area contributed by atoms with E-state index in [1.165, 1.54) is 17.5 Å². The van der Waals surface area contributed by atoms with E-state index in [4.69, 9.17) is 4.74 Å². The van der Waals surface area contributed by atoms with Gasteiger partial charge in [0.2, 0.25) is 0 Å². The first-order valence-electron chi connectivity index (χ1n) is 6.81. The predicted molar refractivity (Wildman–Crippen MR) is 75.1 cm³/mol. The van der Waals surface area contributed by atoms with Gasteiger partial charge in [-0.25, -0.2) is 0 Å². The van der Waals surface area contributed by atoms with E-state index in [1.807, 2.05) is 0 Å². The second kappa shape index (κ2) is 6.21. The van der Waals surface area contributed by atoms with Gasteiger partial charge in [0, 0.05) is 19.1 Å². The van der Waals surface area contributed by atoms with Crippen molar-refractivity contribution in [3.8, 4) is 5.75 Å². The number of nitrogens with zero attached hydrogens (tertiary/aromatic N) is 1. The van der Waals surface area contributed by atoms with Crippen LogP contribution in [0.2, 0.25) is 0 Å². The van der Waals surface area contributed by atoms with E-state index in [9.17, 15) is 0 Å². The number of hydrogen-bond donors (Lipinski definition) is 1. The number of likely N-dealkylation sites (N-methyl/N-ethyl adjacent to an activating group) is 1. The molecule has 0 bridgehead atoms. The fourth-order valence-electron chi connectivity index (χ4n) is 2.63. The summed E-state index contributed by atoms with van der Waals surface area (Å²) in [4.78, 5) is 2.46. The summed E-state index contributed by atoms with van der Waals surface area (Å²) in [6.45, 7) is 5.50. The minimum absolute atomic E-state index is 0.678. The Bertz CT molecular complexity index is 386. The highest BCUT2D eigenvalue weighted by atomic mass is 16.5. The van der Waals surface area contributed by atoms with Gasteiger partial charge in [-0.05, 0) is 49.7 Å². The van der Waals surface area contributed by atoms with Gasteiger partial charge in [-0.15, -0.1) is 0 Å². The summed E-state index contributed by atoms with van der Waals surface area (Å²) < 4.78 is 5.29. The molecule has 1 saturated heterocycles. The Labute approximate surface area is 110 Å². The Morgan fingerprint density at radius 2 is 2.22 bits per heavy atom. The van der Waals surface area contributed by atoms with E-state index in [0.717, 1.165) is 31.8 Å². The molecule has 0 aliphatic carbocycles. The largest absolute Gasteiger partial charge is 0.497 e. The molecule has 0 radical (unpaired) electrons. The Hall–Kier alpha value is -1.06. The maximum Gasteiger partial charge on any atom is 0.119 e. The molecule has 0 amide bonds. The van der Waals surface area contributed by atoms with Crippen molar-refractivity contribution in [2.75, 3.05) is 27.2 Å². The minimum atomic E-state index is 0.678. The van der Waals surface area contributed by atoms with Crippen molar-refractivity contribution in [1.82, 2.24) is 10.2 Å². The van der Waals surface area contributed by atoms with Crippen LogP contribution >= 0.6 is 0 Å². The lowest BCUT2D eigenvalue weighted by Gasteiger charge is -2.24. The topological polar surface area (TPSA) is 24.5 Å². The maximum atomic E-state index is 5.29. The van der Waals surface area contributed by atoms with Crippen LogP contribution in [0.1, 0.15) is 24.5 Å². The van der Waals surface area contributed by atoms with Crippen LogP contribution in [0.15, 0.2) is 18.2 Å². The molecule has 100 valence electrons. The summed E-state index contributed by atoms with van der Waals surface area (Å²) >= 11 is 0. The highest BCUT2D eigenvalue weighted by molar-refractivity contribution is 5.35. The number of ether oxygens (including phenoxy) is 1. The van der Waals surface area contributed by atoms with Crippen molar-refractivity contribution < 1.29 is 4.74 Å². The fraction of sp³-hybridized carbons (Fsp3) is 0.600. The number of benzene rings is 1. The first-order valence-corrected chi connectivity index (χ1v) is 6.81. The summed E-state index contributed by atoms with van der Waals surface area (Å²) in [6.07, 6.45) is 2.32. The Morgan fingerprint density at radius 3 is 2.83 bits per heavy atom. The van der Waals surface area contributed by atoms with E-state index >= 15 is 0 Å². The third kappa shape index (κ3) is 3.03. The van der Waals surface area contributed by atoms with Crippen molar-refractivity contribution in [2.24, 2.45) is 0 Å². The highest BCUT2D eigenvalue weighted by Gasteiger charge is 2.19. The number of nitrogens with one attached hydrogen (secondary N) is 1. The van der Waals surface area contributed by atoms with Crippen molar-refractivity contribution in [3.05, 3.63) is 29.3 Å². The van der Waals surface area contributed by atoms with Gasteiger partial charge in [0.1, 0.15) is 5.75 Å². The molecule has 1 atom stereocenters. The Morgan fingerprint density at radius 1 is 1.39 bits per heavy atom. The molecular formula is C15H24N2O. The summed E-state index contributed by atoms with van der Waals surface area (Å²) in [6, 6.07) is 7.11. The van der Waals surface area contributed by atoms with Crippen LogP contribution in [0.5, 0.6) is 5.75 Å². The second-order valence-electron chi connectivity index (χ2n) is 5.05. The van der Waals surface area contributed by atoms with Crippen LogP contribution in [-0.4, -0.2) is 38.2 Å². The monoisotopic (exact) mass is 248 g/mol. The van der Waals surface area contributed by atoms with Crippen molar-refractivity contribution >= 4 is 0 Å².